The Bertz CT molecular complexity index is 1060. The second-order valence-corrected chi connectivity index (χ2v) is 10.4. The molecule has 2 saturated heterocycles. The summed E-state index contributed by atoms with van der Waals surface area (Å²) in [5.74, 6) is -0.493. The SMILES string of the molecule is CN1[C@@H](Cc2ccccc2)[C@@H]2C[C@@]3(C)[C@H](CCCC[C@@H]13)N2C(=O)CNC(=O)c1cncc(O)c1. The van der Waals surface area contributed by atoms with E-state index in [-0.39, 0.29) is 47.3 Å². The third kappa shape index (κ3) is 3.96. The molecule has 2 bridgehead atoms. The summed E-state index contributed by atoms with van der Waals surface area (Å²) >= 11 is 0. The number of rotatable bonds is 5. The Kier molecular flexibility index (Phi) is 6.06. The van der Waals surface area contributed by atoms with Gasteiger partial charge in [0.15, 0.2) is 0 Å². The monoisotopic (exact) mass is 462 g/mol. The molecule has 1 aromatic heterocycles. The first kappa shape index (κ1) is 22.8. The molecule has 1 aromatic carbocycles. The number of nitrogens with zero attached hydrogens (tertiary/aromatic N) is 3. The number of benzene rings is 1. The molecule has 2 amide bonds. The maximum atomic E-state index is 13.7. The Labute approximate surface area is 201 Å². The number of aromatic nitrogens is 1. The summed E-state index contributed by atoms with van der Waals surface area (Å²) in [5.41, 5.74) is 1.60. The molecule has 3 aliphatic rings. The van der Waals surface area contributed by atoms with Crippen LogP contribution in [0.5, 0.6) is 5.75 Å². The number of nitrogens with one attached hydrogen (secondary N) is 1. The Morgan fingerprint density at radius 2 is 1.88 bits per heavy atom. The van der Waals surface area contributed by atoms with Crippen LogP contribution in [0.2, 0.25) is 0 Å². The molecular formula is C27H34N4O3. The predicted octanol–water partition coefficient (Wildman–Crippen LogP) is 2.99. The highest BCUT2D eigenvalue weighted by Gasteiger charge is 2.61. The zero-order valence-electron chi connectivity index (χ0n) is 20.0. The van der Waals surface area contributed by atoms with Crippen LogP contribution in [0.15, 0.2) is 48.8 Å². The van der Waals surface area contributed by atoms with Crippen molar-refractivity contribution in [2.45, 2.75) is 69.6 Å². The standard InChI is InChI=1S/C27H34N4O3/c1-27-14-22-21(12-18-8-4-3-5-9-18)30(2)23(27)10-6-7-11-24(27)31(22)25(33)17-29-26(34)19-13-20(32)16-28-15-19/h3-5,8-9,13,15-16,21-24,32H,6-7,10-12,14,17H2,1-2H3,(H,29,34)/t21-,22-,23+,24-,27+/m0/s1. The van der Waals surface area contributed by atoms with Crippen molar-refractivity contribution in [3.05, 3.63) is 59.9 Å². The molecule has 5 atom stereocenters. The molecule has 5 rings (SSSR count). The number of hydrogen-bond donors (Lipinski definition) is 2. The molecule has 7 heteroatoms. The first-order valence-electron chi connectivity index (χ1n) is 12.4. The average Bonchev–Trinajstić information content (AvgIpc) is 2.98. The number of amides is 2. The predicted molar refractivity (Wildman–Crippen MR) is 129 cm³/mol. The van der Waals surface area contributed by atoms with Gasteiger partial charge in [-0.1, -0.05) is 50.1 Å². The van der Waals surface area contributed by atoms with Crippen LogP contribution < -0.4 is 5.32 Å². The van der Waals surface area contributed by atoms with E-state index in [1.54, 1.807) is 0 Å². The first-order chi connectivity index (χ1) is 16.4. The van der Waals surface area contributed by atoms with Gasteiger partial charge in [-0.25, -0.2) is 0 Å². The van der Waals surface area contributed by atoms with Gasteiger partial charge in [-0.2, -0.15) is 0 Å². The molecule has 180 valence electrons. The third-order valence-electron chi connectivity index (χ3n) is 8.49. The maximum absolute atomic E-state index is 13.7. The Hall–Kier alpha value is -2.93. The van der Waals surface area contributed by atoms with Crippen LogP contribution in [0.3, 0.4) is 0 Å². The fourth-order valence-electron chi connectivity index (χ4n) is 6.95. The summed E-state index contributed by atoms with van der Waals surface area (Å²) in [6.07, 6.45) is 9.10. The topological polar surface area (TPSA) is 85.8 Å². The van der Waals surface area contributed by atoms with Crippen molar-refractivity contribution in [1.29, 1.82) is 0 Å². The van der Waals surface area contributed by atoms with Crippen LogP contribution in [0.4, 0.5) is 0 Å². The zero-order valence-corrected chi connectivity index (χ0v) is 20.0. The van der Waals surface area contributed by atoms with E-state index in [0.717, 1.165) is 25.7 Å². The minimum atomic E-state index is -0.401. The fraction of sp³-hybridized carbons (Fsp3) is 0.519. The Morgan fingerprint density at radius 1 is 1.15 bits per heavy atom. The molecule has 2 aromatic rings. The van der Waals surface area contributed by atoms with E-state index < -0.39 is 5.91 Å². The first-order valence-corrected chi connectivity index (χ1v) is 12.4. The maximum Gasteiger partial charge on any atom is 0.253 e. The van der Waals surface area contributed by atoms with Gasteiger partial charge in [0.2, 0.25) is 5.91 Å². The zero-order chi connectivity index (χ0) is 23.9. The van der Waals surface area contributed by atoms with E-state index in [4.69, 9.17) is 0 Å². The summed E-state index contributed by atoms with van der Waals surface area (Å²) in [5, 5.41) is 12.4. The van der Waals surface area contributed by atoms with E-state index in [9.17, 15) is 14.7 Å². The van der Waals surface area contributed by atoms with Crippen molar-refractivity contribution in [3.8, 4) is 5.75 Å². The number of carbonyl (C=O) groups is 2. The molecule has 0 spiro atoms. The lowest BCUT2D eigenvalue weighted by atomic mass is 9.69. The smallest absolute Gasteiger partial charge is 0.253 e. The number of hydrogen-bond acceptors (Lipinski definition) is 5. The highest BCUT2D eigenvalue weighted by atomic mass is 16.3. The van der Waals surface area contributed by atoms with Crippen molar-refractivity contribution in [2.24, 2.45) is 5.41 Å². The van der Waals surface area contributed by atoms with Gasteiger partial charge in [0.05, 0.1) is 18.3 Å². The highest BCUT2D eigenvalue weighted by molar-refractivity contribution is 5.96. The van der Waals surface area contributed by atoms with Gasteiger partial charge in [-0.15, -0.1) is 0 Å². The van der Waals surface area contributed by atoms with Crippen LogP contribution in [0.25, 0.3) is 0 Å². The molecule has 2 N–H and O–H groups in total. The van der Waals surface area contributed by atoms with Crippen LogP contribution in [0.1, 0.15) is 54.9 Å². The number of likely N-dealkylation sites (tertiary alicyclic amines) is 2. The quantitative estimate of drug-likeness (QED) is 0.714. The van der Waals surface area contributed by atoms with Gasteiger partial charge in [0.25, 0.3) is 5.91 Å². The lowest BCUT2D eigenvalue weighted by Gasteiger charge is -2.49. The minimum absolute atomic E-state index is 0.0193. The van der Waals surface area contributed by atoms with E-state index >= 15 is 0 Å². The summed E-state index contributed by atoms with van der Waals surface area (Å²) < 4.78 is 0. The van der Waals surface area contributed by atoms with Gasteiger partial charge in [0, 0.05) is 35.8 Å². The molecule has 3 heterocycles. The third-order valence-corrected chi connectivity index (χ3v) is 8.49. The largest absolute Gasteiger partial charge is 0.506 e. The van der Waals surface area contributed by atoms with E-state index in [0.29, 0.717) is 6.04 Å². The minimum Gasteiger partial charge on any atom is -0.506 e. The van der Waals surface area contributed by atoms with Crippen LogP contribution in [-0.2, 0) is 11.2 Å². The molecule has 0 radical (unpaired) electrons. The Morgan fingerprint density at radius 3 is 2.62 bits per heavy atom. The molecule has 34 heavy (non-hydrogen) atoms. The van der Waals surface area contributed by atoms with Crippen LogP contribution >= 0.6 is 0 Å². The average molecular weight is 463 g/mol. The van der Waals surface area contributed by atoms with Crippen LogP contribution in [-0.4, -0.2) is 69.5 Å². The van der Waals surface area contributed by atoms with Crippen molar-refractivity contribution in [2.75, 3.05) is 13.6 Å². The normalized spacial score (nSPS) is 30.6. The lowest BCUT2D eigenvalue weighted by Crippen LogP contribution is -2.58. The van der Waals surface area contributed by atoms with E-state index in [2.05, 4.69) is 58.3 Å². The molecule has 0 unspecified atom stereocenters. The summed E-state index contributed by atoms with van der Waals surface area (Å²) in [4.78, 5) is 34.8. The summed E-state index contributed by atoms with van der Waals surface area (Å²) in [6.45, 7) is 2.32. The molecule has 7 nitrogen and oxygen atoms in total. The number of carbonyl (C=O) groups excluding carboxylic acids is 2. The highest BCUT2D eigenvalue weighted by Crippen LogP contribution is 2.55. The van der Waals surface area contributed by atoms with E-state index in [1.807, 2.05) is 6.07 Å². The van der Waals surface area contributed by atoms with Gasteiger partial charge in [0.1, 0.15) is 5.75 Å². The van der Waals surface area contributed by atoms with Gasteiger partial charge in [-0.05, 0) is 44.4 Å². The number of fused-ring (bicyclic) bond motifs is 1. The Balaban J connectivity index is 1.39. The van der Waals surface area contributed by atoms with Crippen molar-refractivity contribution in [3.63, 3.8) is 0 Å². The fourth-order valence-corrected chi connectivity index (χ4v) is 6.95. The van der Waals surface area contributed by atoms with Crippen molar-refractivity contribution >= 4 is 11.8 Å². The second-order valence-electron chi connectivity index (χ2n) is 10.4. The number of likely N-dealkylation sites (N-methyl/N-ethyl adjacent to an activating group) is 1. The molecule has 2 aliphatic heterocycles. The number of aromatic hydroxyl groups is 1. The molecule has 1 aliphatic carbocycles. The molecule has 1 saturated carbocycles. The molecular weight excluding hydrogens is 428 g/mol. The molecule has 3 fully saturated rings. The summed E-state index contributed by atoms with van der Waals surface area (Å²) in [7, 11) is 2.25. The number of pyridine rings is 1. The van der Waals surface area contributed by atoms with Gasteiger partial charge < -0.3 is 15.3 Å². The van der Waals surface area contributed by atoms with Gasteiger partial charge in [-0.3, -0.25) is 19.5 Å². The summed E-state index contributed by atoms with van der Waals surface area (Å²) in [6, 6.07) is 12.9. The van der Waals surface area contributed by atoms with Crippen LogP contribution in [0, 0.1) is 5.41 Å². The lowest BCUT2D eigenvalue weighted by molar-refractivity contribution is -0.134. The number of piperidine rings is 1. The van der Waals surface area contributed by atoms with Crippen molar-refractivity contribution < 1.29 is 14.7 Å². The van der Waals surface area contributed by atoms with Gasteiger partial charge >= 0.3 is 0 Å². The second kappa shape index (κ2) is 9.02. The van der Waals surface area contributed by atoms with Crippen molar-refractivity contribution in [1.82, 2.24) is 20.1 Å². The van der Waals surface area contributed by atoms with E-state index in [1.165, 1.54) is 36.9 Å².